The van der Waals surface area contributed by atoms with E-state index in [9.17, 15) is 9.59 Å². The molecule has 5 heteroatoms. The molecule has 1 unspecified atom stereocenters. The van der Waals surface area contributed by atoms with Crippen LogP contribution in [-0.2, 0) is 9.59 Å². The molecule has 1 atom stereocenters. The van der Waals surface area contributed by atoms with E-state index >= 15 is 0 Å². The number of amides is 2. The zero-order valence-electron chi connectivity index (χ0n) is 9.84. The smallest absolute Gasteiger partial charge is 0.248 e. The van der Waals surface area contributed by atoms with Gasteiger partial charge in [0.15, 0.2) is 0 Å². The second-order valence-electron chi connectivity index (χ2n) is 4.49. The highest BCUT2D eigenvalue weighted by molar-refractivity contribution is 6.29. The van der Waals surface area contributed by atoms with Crippen LogP contribution < -0.4 is 5.32 Å². The van der Waals surface area contributed by atoms with Crippen molar-refractivity contribution in [3.05, 3.63) is 11.6 Å². The van der Waals surface area contributed by atoms with E-state index in [4.69, 9.17) is 11.6 Å². The Morgan fingerprint density at radius 3 is 2.56 bits per heavy atom. The summed E-state index contributed by atoms with van der Waals surface area (Å²) in [5, 5.41) is 3.07. The van der Waals surface area contributed by atoms with Gasteiger partial charge in [0.1, 0.15) is 11.6 Å². The van der Waals surface area contributed by atoms with E-state index in [1.165, 1.54) is 4.90 Å². The molecular formula is C11H17ClN2O2. The second kappa shape index (κ2) is 4.45. The Balaban J connectivity index is 3.00. The molecule has 1 aliphatic rings. The van der Waals surface area contributed by atoms with Crippen LogP contribution in [0.15, 0.2) is 11.6 Å². The molecule has 0 aromatic carbocycles. The molecule has 1 heterocycles. The third kappa shape index (κ3) is 2.38. The predicted octanol–water partition coefficient (Wildman–Crippen LogP) is 1.25. The van der Waals surface area contributed by atoms with Crippen LogP contribution in [0.5, 0.6) is 0 Å². The highest BCUT2D eigenvalue weighted by Gasteiger charge is 2.44. The van der Waals surface area contributed by atoms with E-state index < -0.39 is 11.6 Å². The van der Waals surface area contributed by atoms with Gasteiger partial charge in [-0.15, -0.1) is 0 Å². The summed E-state index contributed by atoms with van der Waals surface area (Å²) in [5.41, 5.74) is -0.866. The monoisotopic (exact) mass is 244 g/mol. The first-order chi connectivity index (χ1) is 7.29. The lowest BCUT2D eigenvalue weighted by Gasteiger charge is -2.42. The van der Waals surface area contributed by atoms with E-state index in [2.05, 4.69) is 11.9 Å². The summed E-state index contributed by atoms with van der Waals surface area (Å²) < 4.78 is 0. The van der Waals surface area contributed by atoms with Gasteiger partial charge in [0, 0.05) is 5.03 Å². The molecule has 0 bridgehead atoms. The fourth-order valence-electron chi connectivity index (χ4n) is 1.86. The van der Waals surface area contributed by atoms with Crippen molar-refractivity contribution >= 4 is 23.4 Å². The molecule has 1 N–H and O–H groups in total. The molecule has 1 saturated heterocycles. The van der Waals surface area contributed by atoms with Crippen LogP contribution in [0.3, 0.4) is 0 Å². The quantitative estimate of drug-likeness (QED) is 0.813. The molecule has 1 fully saturated rings. The molecular weight excluding hydrogens is 228 g/mol. The van der Waals surface area contributed by atoms with E-state index in [1.807, 2.05) is 6.92 Å². The largest absolute Gasteiger partial charge is 0.340 e. The predicted molar refractivity (Wildman–Crippen MR) is 63.0 cm³/mol. The van der Waals surface area contributed by atoms with Crippen LogP contribution in [0.1, 0.15) is 27.2 Å². The number of hydrogen-bond donors (Lipinski definition) is 1. The van der Waals surface area contributed by atoms with Crippen molar-refractivity contribution in [3.63, 3.8) is 0 Å². The third-order valence-electron chi connectivity index (χ3n) is 2.64. The Morgan fingerprint density at radius 2 is 2.12 bits per heavy atom. The highest BCUT2D eigenvalue weighted by atomic mass is 35.5. The Bertz CT molecular complexity index is 339. The molecule has 0 aromatic rings. The van der Waals surface area contributed by atoms with E-state index in [1.54, 1.807) is 13.8 Å². The van der Waals surface area contributed by atoms with Crippen LogP contribution in [0.25, 0.3) is 0 Å². The number of halogens is 1. The van der Waals surface area contributed by atoms with Crippen molar-refractivity contribution in [1.29, 1.82) is 0 Å². The SMILES string of the molecule is C=C(Cl)CN1C(=O)C(C)(C)NC(=O)C1CC. The first-order valence-corrected chi connectivity index (χ1v) is 5.63. The Hall–Kier alpha value is -1.03. The highest BCUT2D eigenvalue weighted by Crippen LogP contribution is 2.21. The maximum absolute atomic E-state index is 12.1. The van der Waals surface area contributed by atoms with Crippen molar-refractivity contribution in [2.75, 3.05) is 6.54 Å². The molecule has 4 nitrogen and oxygen atoms in total. The number of carbonyl (C=O) groups excluding carboxylic acids is 2. The summed E-state index contributed by atoms with van der Waals surface area (Å²) >= 11 is 5.72. The molecule has 0 aliphatic carbocycles. The van der Waals surface area contributed by atoms with Gasteiger partial charge in [-0.1, -0.05) is 25.1 Å². The molecule has 0 saturated carbocycles. The lowest BCUT2D eigenvalue weighted by atomic mass is 9.96. The van der Waals surface area contributed by atoms with Gasteiger partial charge >= 0.3 is 0 Å². The molecule has 90 valence electrons. The van der Waals surface area contributed by atoms with Crippen LogP contribution in [0, 0.1) is 0 Å². The van der Waals surface area contributed by atoms with E-state index in [0.29, 0.717) is 11.5 Å². The summed E-state index contributed by atoms with van der Waals surface area (Å²) in [6, 6.07) is -0.448. The lowest BCUT2D eigenvalue weighted by molar-refractivity contribution is -0.152. The number of hydrogen-bond acceptors (Lipinski definition) is 2. The van der Waals surface area contributed by atoms with Crippen molar-refractivity contribution < 1.29 is 9.59 Å². The number of nitrogens with one attached hydrogen (secondary N) is 1. The zero-order chi connectivity index (χ0) is 12.5. The summed E-state index contributed by atoms with van der Waals surface area (Å²) in [4.78, 5) is 25.4. The molecule has 0 aromatic heterocycles. The van der Waals surface area contributed by atoms with Crippen molar-refractivity contribution in [3.8, 4) is 0 Å². The van der Waals surface area contributed by atoms with Gasteiger partial charge in [-0.05, 0) is 20.3 Å². The maximum atomic E-state index is 12.1. The molecule has 1 rings (SSSR count). The average molecular weight is 245 g/mol. The summed E-state index contributed by atoms with van der Waals surface area (Å²) in [7, 11) is 0. The first kappa shape index (κ1) is 13.0. The standard InChI is InChI=1S/C11H17ClN2O2/c1-5-8-9(15)13-11(3,4)10(16)14(8)6-7(2)12/h8H,2,5-6H2,1,3-4H3,(H,13,15). The van der Waals surface area contributed by atoms with Gasteiger partial charge in [0.2, 0.25) is 11.8 Å². The summed E-state index contributed by atoms with van der Waals surface area (Å²) in [6.07, 6.45) is 0.567. The number of nitrogens with zero attached hydrogens (tertiary/aromatic N) is 1. The van der Waals surface area contributed by atoms with Gasteiger partial charge < -0.3 is 10.2 Å². The van der Waals surface area contributed by atoms with Crippen molar-refractivity contribution in [1.82, 2.24) is 10.2 Å². The van der Waals surface area contributed by atoms with Gasteiger partial charge in [-0.3, -0.25) is 9.59 Å². The fourth-order valence-corrected chi connectivity index (χ4v) is 1.99. The fraction of sp³-hybridized carbons (Fsp3) is 0.636. The van der Waals surface area contributed by atoms with Gasteiger partial charge in [-0.25, -0.2) is 0 Å². The van der Waals surface area contributed by atoms with Crippen molar-refractivity contribution in [2.24, 2.45) is 0 Å². The first-order valence-electron chi connectivity index (χ1n) is 5.26. The van der Waals surface area contributed by atoms with Crippen LogP contribution >= 0.6 is 11.6 Å². The Labute approximate surface area is 101 Å². The molecule has 0 spiro atoms. The second-order valence-corrected chi connectivity index (χ2v) is 5.02. The Kier molecular flexibility index (Phi) is 3.63. The van der Waals surface area contributed by atoms with Crippen LogP contribution in [0.2, 0.25) is 0 Å². The maximum Gasteiger partial charge on any atom is 0.248 e. The van der Waals surface area contributed by atoms with Crippen LogP contribution in [-0.4, -0.2) is 34.8 Å². The van der Waals surface area contributed by atoms with E-state index in [0.717, 1.165) is 0 Å². The molecule has 2 amide bonds. The molecule has 1 aliphatic heterocycles. The summed E-state index contributed by atoms with van der Waals surface area (Å²) in [6.45, 7) is 9.01. The van der Waals surface area contributed by atoms with E-state index in [-0.39, 0.29) is 18.4 Å². The average Bonchev–Trinajstić information content (AvgIpc) is 2.13. The van der Waals surface area contributed by atoms with Crippen molar-refractivity contribution in [2.45, 2.75) is 38.8 Å². The molecule has 0 radical (unpaired) electrons. The minimum atomic E-state index is -0.866. The number of rotatable bonds is 3. The minimum absolute atomic E-state index is 0.124. The number of carbonyl (C=O) groups is 2. The normalized spacial score (nSPS) is 24.2. The molecule has 16 heavy (non-hydrogen) atoms. The zero-order valence-corrected chi connectivity index (χ0v) is 10.6. The van der Waals surface area contributed by atoms with Crippen LogP contribution in [0.4, 0.5) is 0 Å². The topological polar surface area (TPSA) is 49.4 Å². The number of piperazine rings is 1. The van der Waals surface area contributed by atoms with Gasteiger partial charge in [-0.2, -0.15) is 0 Å². The van der Waals surface area contributed by atoms with Gasteiger partial charge in [0.05, 0.1) is 6.54 Å². The Morgan fingerprint density at radius 1 is 1.56 bits per heavy atom. The third-order valence-corrected chi connectivity index (χ3v) is 2.76. The summed E-state index contributed by atoms with van der Waals surface area (Å²) in [5.74, 6) is -0.259. The van der Waals surface area contributed by atoms with Gasteiger partial charge in [0.25, 0.3) is 0 Å². The minimum Gasteiger partial charge on any atom is -0.340 e. The lowest BCUT2D eigenvalue weighted by Crippen LogP contribution is -2.68.